The Labute approximate surface area is 204 Å². The van der Waals surface area contributed by atoms with E-state index in [2.05, 4.69) is 9.97 Å². The molecule has 8 heteroatoms. The Morgan fingerprint density at radius 2 is 1.77 bits per heavy atom. The Balaban J connectivity index is 1.22. The molecule has 180 valence electrons. The summed E-state index contributed by atoms with van der Waals surface area (Å²) in [6.07, 6.45) is 5.45. The molecule has 1 atom stereocenters. The van der Waals surface area contributed by atoms with Gasteiger partial charge in [-0.05, 0) is 55.7 Å². The van der Waals surface area contributed by atoms with Crippen molar-refractivity contribution in [2.45, 2.75) is 37.8 Å². The summed E-state index contributed by atoms with van der Waals surface area (Å²) in [6.45, 7) is 3.30. The fourth-order valence-electron chi connectivity index (χ4n) is 5.01. The highest BCUT2D eigenvalue weighted by Crippen LogP contribution is 2.39. The minimum Gasteiger partial charge on any atom is -0.424 e. The van der Waals surface area contributed by atoms with Crippen molar-refractivity contribution >= 4 is 17.5 Å². The second kappa shape index (κ2) is 9.84. The smallest absolute Gasteiger partial charge is 0.321 e. The van der Waals surface area contributed by atoms with E-state index in [0.717, 1.165) is 24.9 Å². The predicted octanol–water partition coefficient (Wildman–Crippen LogP) is 4.09. The number of carbonyl (C=O) groups excluding carboxylic acids is 2. The summed E-state index contributed by atoms with van der Waals surface area (Å²) in [4.78, 5) is 37.5. The lowest BCUT2D eigenvalue weighted by atomic mass is 9.86. The van der Waals surface area contributed by atoms with E-state index in [1.54, 1.807) is 49.6 Å². The molecular formula is C27H28N4O4. The van der Waals surface area contributed by atoms with Gasteiger partial charge in [-0.3, -0.25) is 9.59 Å². The van der Waals surface area contributed by atoms with Crippen LogP contribution < -0.4 is 9.64 Å². The number of ether oxygens (including phenoxy) is 2. The van der Waals surface area contributed by atoms with Gasteiger partial charge in [0.05, 0.1) is 18.2 Å². The van der Waals surface area contributed by atoms with E-state index >= 15 is 0 Å². The molecule has 0 N–H and O–H groups in total. The molecule has 1 spiro atoms. The van der Waals surface area contributed by atoms with Crippen LogP contribution in [0.5, 0.6) is 11.8 Å². The Hall–Kier alpha value is -3.78. The Morgan fingerprint density at radius 1 is 1.03 bits per heavy atom. The average molecular weight is 473 g/mol. The highest BCUT2D eigenvalue weighted by molar-refractivity contribution is 5.94. The molecule has 0 unspecified atom stereocenters. The zero-order valence-electron chi connectivity index (χ0n) is 19.7. The zero-order chi connectivity index (χ0) is 24.3. The van der Waals surface area contributed by atoms with Crippen molar-refractivity contribution in [1.29, 1.82) is 0 Å². The summed E-state index contributed by atoms with van der Waals surface area (Å²) in [7, 11) is 0. The topological polar surface area (TPSA) is 84.9 Å². The molecular weight excluding hydrogens is 444 g/mol. The first-order chi connectivity index (χ1) is 17.0. The molecule has 0 radical (unpaired) electrons. The molecule has 2 fully saturated rings. The Bertz CT molecular complexity index is 1180. The number of likely N-dealkylation sites (tertiary alicyclic amines) is 1. The maximum absolute atomic E-state index is 13.2. The maximum Gasteiger partial charge on any atom is 0.321 e. The Kier molecular flexibility index (Phi) is 6.46. The lowest BCUT2D eigenvalue weighted by Crippen LogP contribution is -2.47. The molecule has 2 aromatic carbocycles. The van der Waals surface area contributed by atoms with Crippen LogP contribution >= 0.6 is 0 Å². The molecule has 8 nitrogen and oxygen atoms in total. The lowest BCUT2D eigenvalue weighted by molar-refractivity contribution is -0.117. The molecule has 5 rings (SSSR count). The third-order valence-corrected chi connectivity index (χ3v) is 6.72. The van der Waals surface area contributed by atoms with Crippen molar-refractivity contribution in [2.75, 3.05) is 24.6 Å². The first-order valence-electron chi connectivity index (χ1n) is 11.9. The van der Waals surface area contributed by atoms with Crippen LogP contribution in [0.15, 0.2) is 73.1 Å². The van der Waals surface area contributed by atoms with Crippen LogP contribution in [-0.2, 0) is 9.53 Å². The fourth-order valence-corrected chi connectivity index (χ4v) is 5.01. The van der Waals surface area contributed by atoms with E-state index in [1.807, 2.05) is 40.1 Å². The first-order valence-corrected chi connectivity index (χ1v) is 11.9. The van der Waals surface area contributed by atoms with Crippen molar-refractivity contribution in [3.05, 3.63) is 78.6 Å². The molecule has 3 heterocycles. The van der Waals surface area contributed by atoms with Crippen LogP contribution in [0.4, 0.5) is 5.69 Å². The molecule has 35 heavy (non-hydrogen) atoms. The van der Waals surface area contributed by atoms with Crippen LogP contribution in [0.3, 0.4) is 0 Å². The number of aromatic nitrogens is 2. The standard InChI is InChI=1S/C27H28N4O4/c1-20(32)31(22-8-3-2-4-9-22)23-18-27(34-19-23)11-15-30(16-12-27)25(33)21-7-5-10-24(17-21)35-26-28-13-6-14-29-26/h2-10,13-14,17,23H,11-12,15-16,18-19H2,1H3/t23-/m0/s1. The minimum absolute atomic E-state index is 0.00816. The maximum atomic E-state index is 13.2. The molecule has 1 aromatic heterocycles. The molecule has 2 aliphatic heterocycles. The van der Waals surface area contributed by atoms with E-state index in [4.69, 9.17) is 9.47 Å². The molecule has 2 saturated heterocycles. The van der Waals surface area contributed by atoms with Gasteiger partial charge in [-0.25, -0.2) is 9.97 Å². The third kappa shape index (κ3) is 5.02. The number of rotatable bonds is 5. The number of amides is 2. The summed E-state index contributed by atoms with van der Waals surface area (Å²) in [5.41, 5.74) is 1.15. The van der Waals surface area contributed by atoms with Crippen LogP contribution in [-0.4, -0.2) is 58.0 Å². The largest absolute Gasteiger partial charge is 0.424 e. The summed E-state index contributed by atoms with van der Waals surface area (Å²) in [5, 5.41) is 0. The summed E-state index contributed by atoms with van der Waals surface area (Å²) in [5.74, 6) is 0.490. The van der Waals surface area contributed by atoms with Gasteiger partial charge < -0.3 is 19.3 Å². The number of anilines is 1. The number of nitrogens with zero attached hydrogens (tertiary/aromatic N) is 4. The van der Waals surface area contributed by atoms with Gasteiger partial charge in [-0.1, -0.05) is 24.3 Å². The monoisotopic (exact) mass is 472 g/mol. The van der Waals surface area contributed by atoms with Crippen molar-refractivity contribution in [2.24, 2.45) is 0 Å². The molecule has 0 aliphatic carbocycles. The second-order valence-corrected chi connectivity index (χ2v) is 9.03. The van der Waals surface area contributed by atoms with Gasteiger partial charge in [0.1, 0.15) is 5.75 Å². The van der Waals surface area contributed by atoms with Crippen molar-refractivity contribution < 1.29 is 19.1 Å². The zero-order valence-corrected chi connectivity index (χ0v) is 19.7. The van der Waals surface area contributed by atoms with E-state index in [-0.39, 0.29) is 29.5 Å². The van der Waals surface area contributed by atoms with Crippen LogP contribution in [0.1, 0.15) is 36.5 Å². The molecule has 2 aliphatic rings. The van der Waals surface area contributed by atoms with Gasteiger partial charge in [0.15, 0.2) is 0 Å². The average Bonchev–Trinajstić information content (AvgIpc) is 3.28. The van der Waals surface area contributed by atoms with E-state index in [1.165, 1.54) is 0 Å². The minimum atomic E-state index is -0.306. The van der Waals surface area contributed by atoms with E-state index in [9.17, 15) is 9.59 Å². The van der Waals surface area contributed by atoms with Gasteiger partial charge in [0.25, 0.3) is 5.91 Å². The highest BCUT2D eigenvalue weighted by atomic mass is 16.5. The summed E-state index contributed by atoms with van der Waals surface area (Å²) >= 11 is 0. The molecule has 2 amide bonds. The van der Waals surface area contributed by atoms with Crippen LogP contribution in [0, 0.1) is 0 Å². The number of carbonyl (C=O) groups is 2. The summed E-state index contributed by atoms with van der Waals surface area (Å²) in [6, 6.07) is 18.7. The Morgan fingerprint density at radius 3 is 2.49 bits per heavy atom. The summed E-state index contributed by atoms with van der Waals surface area (Å²) < 4.78 is 12.0. The predicted molar refractivity (Wildman–Crippen MR) is 130 cm³/mol. The van der Waals surface area contributed by atoms with Crippen LogP contribution in [0.25, 0.3) is 0 Å². The molecule has 0 bridgehead atoms. The number of hydrogen-bond donors (Lipinski definition) is 0. The number of hydrogen-bond acceptors (Lipinski definition) is 6. The number of para-hydroxylation sites is 1. The van der Waals surface area contributed by atoms with Gasteiger partial charge in [0.2, 0.25) is 5.91 Å². The van der Waals surface area contributed by atoms with Gasteiger partial charge in [-0.15, -0.1) is 0 Å². The lowest BCUT2D eigenvalue weighted by Gasteiger charge is -2.39. The van der Waals surface area contributed by atoms with Crippen molar-refractivity contribution in [3.63, 3.8) is 0 Å². The van der Waals surface area contributed by atoms with Gasteiger partial charge in [-0.2, -0.15) is 0 Å². The van der Waals surface area contributed by atoms with Crippen molar-refractivity contribution in [3.8, 4) is 11.8 Å². The van der Waals surface area contributed by atoms with E-state index in [0.29, 0.717) is 31.0 Å². The fraction of sp³-hybridized carbons (Fsp3) is 0.333. The third-order valence-electron chi connectivity index (χ3n) is 6.72. The normalized spacial score (nSPS) is 18.9. The van der Waals surface area contributed by atoms with Crippen LogP contribution in [0.2, 0.25) is 0 Å². The molecule has 0 saturated carbocycles. The SMILES string of the molecule is CC(=O)N(c1ccccc1)[C@@H]1COC2(CCN(C(=O)c3cccc(Oc4ncccn4)c3)CC2)C1. The van der Waals surface area contributed by atoms with E-state index < -0.39 is 0 Å². The quantitative estimate of drug-likeness (QED) is 0.556. The first kappa shape index (κ1) is 23.0. The van der Waals surface area contributed by atoms with Crippen molar-refractivity contribution in [1.82, 2.24) is 14.9 Å². The van der Waals surface area contributed by atoms with Gasteiger partial charge >= 0.3 is 6.01 Å². The molecule has 3 aromatic rings. The number of benzene rings is 2. The highest BCUT2D eigenvalue weighted by Gasteiger charge is 2.46. The number of piperidine rings is 1. The van der Waals surface area contributed by atoms with Gasteiger partial charge in [0, 0.05) is 43.7 Å². The second-order valence-electron chi connectivity index (χ2n) is 9.03.